The molecule has 0 amide bonds. The number of halogens is 2. The molecule has 158 valence electrons. The maximum Gasteiger partial charge on any atom is 0.282 e. The number of ether oxygens (including phenoxy) is 1. The lowest BCUT2D eigenvalue weighted by atomic mass is 10.1. The number of fused-ring (bicyclic) bond motifs is 1. The van der Waals surface area contributed by atoms with Gasteiger partial charge in [0.15, 0.2) is 0 Å². The largest absolute Gasteiger partial charge is 0.490 e. The molecule has 3 rings (SSSR count). The molecule has 0 aliphatic carbocycles. The minimum atomic E-state index is -0.188. The van der Waals surface area contributed by atoms with E-state index in [0.717, 1.165) is 33.1 Å². The van der Waals surface area contributed by atoms with Crippen LogP contribution in [0.1, 0.15) is 57.8 Å². The van der Waals surface area contributed by atoms with Crippen molar-refractivity contribution < 1.29 is 4.74 Å². The van der Waals surface area contributed by atoms with E-state index in [4.69, 9.17) is 9.72 Å². The third kappa shape index (κ3) is 5.01. The van der Waals surface area contributed by atoms with Crippen molar-refractivity contribution in [2.45, 2.75) is 52.6 Å². The molecule has 7 heteroatoms. The molecule has 0 spiro atoms. The standard InChI is InChI=1S/C23H25Br2N3O2/c1-5-14(3)22-27-20-9-7-18(25)12-19(20)23(29)28(22)26-13-16-11-17(24)8-10-21(16)30-15(4)6-2/h7-15H,5-6H2,1-4H3/t14-,15+/m0/s1. The van der Waals surface area contributed by atoms with Crippen molar-refractivity contribution in [3.8, 4) is 5.75 Å². The second-order valence-corrected chi connectivity index (χ2v) is 9.15. The number of nitrogens with zero attached hydrogens (tertiary/aromatic N) is 3. The van der Waals surface area contributed by atoms with E-state index in [1.807, 2.05) is 37.3 Å². The molecule has 0 saturated heterocycles. The molecular weight excluding hydrogens is 510 g/mol. The summed E-state index contributed by atoms with van der Waals surface area (Å²) in [7, 11) is 0. The lowest BCUT2D eigenvalue weighted by molar-refractivity contribution is 0.217. The summed E-state index contributed by atoms with van der Waals surface area (Å²) in [5, 5.41) is 5.09. The van der Waals surface area contributed by atoms with E-state index in [0.29, 0.717) is 16.7 Å². The Kier molecular flexibility index (Phi) is 7.47. The van der Waals surface area contributed by atoms with Gasteiger partial charge in [0, 0.05) is 20.4 Å². The number of hydrogen-bond acceptors (Lipinski definition) is 4. The molecule has 2 aromatic carbocycles. The number of aromatic nitrogens is 2. The van der Waals surface area contributed by atoms with Gasteiger partial charge in [0.05, 0.1) is 23.2 Å². The minimum Gasteiger partial charge on any atom is -0.490 e. The van der Waals surface area contributed by atoms with Crippen LogP contribution in [0.3, 0.4) is 0 Å². The number of rotatable bonds is 7. The van der Waals surface area contributed by atoms with Gasteiger partial charge in [0.2, 0.25) is 0 Å². The zero-order valence-corrected chi connectivity index (χ0v) is 20.7. The molecule has 3 aromatic rings. The summed E-state index contributed by atoms with van der Waals surface area (Å²) in [6.07, 6.45) is 3.49. The molecule has 1 aromatic heterocycles. The fourth-order valence-corrected chi connectivity index (χ4v) is 3.67. The van der Waals surface area contributed by atoms with Crippen molar-refractivity contribution in [3.05, 3.63) is 67.1 Å². The third-order valence-electron chi connectivity index (χ3n) is 5.07. The second kappa shape index (κ2) is 9.88. The number of hydrogen-bond donors (Lipinski definition) is 0. The van der Waals surface area contributed by atoms with E-state index in [9.17, 15) is 4.79 Å². The molecule has 0 aliphatic heterocycles. The normalized spacial score (nSPS) is 13.7. The van der Waals surface area contributed by atoms with Crippen LogP contribution in [0, 0.1) is 0 Å². The first-order valence-electron chi connectivity index (χ1n) is 10.1. The first-order valence-corrected chi connectivity index (χ1v) is 11.6. The molecule has 0 saturated carbocycles. The molecule has 0 radical (unpaired) electrons. The predicted octanol–water partition coefficient (Wildman–Crippen LogP) is 6.49. The predicted molar refractivity (Wildman–Crippen MR) is 130 cm³/mol. The summed E-state index contributed by atoms with van der Waals surface area (Å²) < 4.78 is 9.19. The van der Waals surface area contributed by atoms with Crippen molar-refractivity contribution in [1.82, 2.24) is 9.66 Å². The fourth-order valence-electron chi connectivity index (χ4n) is 2.93. The Balaban J connectivity index is 2.15. The van der Waals surface area contributed by atoms with E-state index in [1.165, 1.54) is 4.68 Å². The van der Waals surface area contributed by atoms with Gasteiger partial charge in [-0.25, -0.2) is 4.98 Å². The van der Waals surface area contributed by atoms with Crippen molar-refractivity contribution in [2.24, 2.45) is 5.10 Å². The van der Waals surface area contributed by atoms with Crippen LogP contribution < -0.4 is 10.3 Å². The Morgan fingerprint density at radius 2 is 1.80 bits per heavy atom. The quantitative estimate of drug-likeness (QED) is 0.325. The molecular formula is C23H25Br2N3O2. The zero-order chi connectivity index (χ0) is 21.8. The molecule has 30 heavy (non-hydrogen) atoms. The molecule has 0 bridgehead atoms. The van der Waals surface area contributed by atoms with E-state index < -0.39 is 0 Å². The SMILES string of the molecule is CC[C@@H](C)Oc1ccc(Br)cc1C=Nn1c([C@@H](C)CC)nc2ccc(Br)cc2c1=O. The minimum absolute atomic E-state index is 0.0800. The van der Waals surface area contributed by atoms with Gasteiger partial charge in [0.25, 0.3) is 5.56 Å². The van der Waals surface area contributed by atoms with Gasteiger partial charge in [-0.1, -0.05) is 52.6 Å². The molecule has 1 heterocycles. The summed E-state index contributed by atoms with van der Waals surface area (Å²) in [5.74, 6) is 1.46. The Morgan fingerprint density at radius 3 is 2.50 bits per heavy atom. The summed E-state index contributed by atoms with van der Waals surface area (Å²) in [5.41, 5.74) is 1.28. The molecule has 0 fully saturated rings. The summed E-state index contributed by atoms with van der Waals surface area (Å²) in [4.78, 5) is 18.0. The summed E-state index contributed by atoms with van der Waals surface area (Å²) >= 11 is 6.95. The number of benzene rings is 2. The maximum atomic E-state index is 13.3. The van der Waals surface area contributed by atoms with Gasteiger partial charge in [-0.2, -0.15) is 9.78 Å². The first-order chi connectivity index (χ1) is 14.3. The van der Waals surface area contributed by atoms with Crippen LogP contribution in [0.25, 0.3) is 10.9 Å². The van der Waals surface area contributed by atoms with E-state index in [2.05, 4.69) is 57.7 Å². The van der Waals surface area contributed by atoms with Crippen LogP contribution in [-0.4, -0.2) is 22.0 Å². The average Bonchev–Trinajstić information content (AvgIpc) is 2.74. The first kappa shape index (κ1) is 22.7. The smallest absolute Gasteiger partial charge is 0.282 e. The fraction of sp³-hybridized carbons (Fsp3) is 0.348. The van der Waals surface area contributed by atoms with Crippen LogP contribution >= 0.6 is 31.9 Å². The average molecular weight is 535 g/mol. The third-order valence-corrected chi connectivity index (χ3v) is 6.06. The van der Waals surface area contributed by atoms with Gasteiger partial charge in [0.1, 0.15) is 11.6 Å². The van der Waals surface area contributed by atoms with E-state index >= 15 is 0 Å². The van der Waals surface area contributed by atoms with Crippen LogP contribution in [0.2, 0.25) is 0 Å². The van der Waals surface area contributed by atoms with Gasteiger partial charge in [-0.3, -0.25) is 4.79 Å². The highest BCUT2D eigenvalue weighted by Crippen LogP contribution is 2.24. The Bertz CT molecular complexity index is 1140. The summed E-state index contributed by atoms with van der Waals surface area (Å²) in [6, 6.07) is 11.3. The lowest BCUT2D eigenvalue weighted by Gasteiger charge is -2.16. The van der Waals surface area contributed by atoms with Crippen LogP contribution in [0.4, 0.5) is 0 Å². The van der Waals surface area contributed by atoms with Crippen molar-refractivity contribution in [1.29, 1.82) is 0 Å². The highest BCUT2D eigenvalue weighted by molar-refractivity contribution is 9.10. The second-order valence-electron chi connectivity index (χ2n) is 7.32. The van der Waals surface area contributed by atoms with Gasteiger partial charge in [-0.15, -0.1) is 0 Å². The lowest BCUT2D eigenvalue weighted by Crippen LogP contribution is -2.23. The maximum absolute atomic E-state index is 13.3. The zero-order valence-electron chi connectivity index (χ0n) is 17.5. The van der Waals surface area contributed by atoms with Gasteiger partial charge < -0.3 is 4.74 Å². The van der Waals surface area contributed by atoms with Crippen molar-refractivity contribution >= 4 is 49.0 Å². The molecule has 0 N–H and O–H groups in total. The monoisotopic (exact) mass is 533 g/mol. The van der Waals surface area contributed by atoms with Crippen LogP contribution in [-0.2, 0) is 0 Å². The topological polar surface area (TPSA) is 56.5 Å². The van der Waals surface area contributed by atoms with Crippen molar-refractivity contribution in [3.63, 3.8) is 0 Å². The van der Waals surface area contributed by atoms with Crippen LogP contribution in [0.5, 0.6) is 5.75 Å². The molecule has 0 unspecified atom stereocenters. The van der Waals surface area contributed by atoms with Crippen molar-refractivity contribution in [2.75, 3.05) is 0 Å². The molecule has 0 aliphatic rings. The Labute approximate surface area is 193 Å². The van der Waals surface area contributed by atoms with E-state index in [1.54, 1.807) is 12.3 Å². The molecule has 2 atom stereocenters. The van der Waals surface area contributed by atoms with Gasteiger partial charge >= 0.3 is 0 Å². The highest BCUT2D eigenvalue weighted by Gasteiger charge is 2.16. The summed E-state index contributed by atoms with van der Waals surface area (Å²) in [6.45, 7) is 8.23. The Morgan fingerprint density at radius 1 is 1.10 bits per heavy atom. The Hall–Kier alpha value is -1.99. The molecule has 5 nitrogen and oxygen atoms in total. The highest BCUT2D eigenvalue weighted by atomic mass is 79.9. The van der Waals surface area contributed by atoms with Crippen LogP contribution in [0.15, 0.2) is 55.2 Å². The van der Waals surface area contributed by atoms with E-state index in [-0.39, 0.29) is 17.6 Å². The van der Waals surface area contributed by atoms with Gasteiger partial charge in [-0.05, 0) is 56.2 Å².